The molecule has 35 heavy (non-hydrogen) atoms. The number of methoxy groups -OCH3 is 2. The van der Waals surface area contributed by atoms with Crippen LogP contribution in [0.4, 0.5) is 0 Å². The highest BCUT2D eigenvalue weighted by Gasteiger charge is 2.42. The maximum Gasteiger partial charge on any atom is 0.247 e. The normalized spacial score (nSPS) is 22.5. The lowest BCUT2D eigenvalue weighted by Crippen LogP contribution is -2.52. The average Bonchev–Trinajstić information content (AvgIpc) is 2.87. The number of halogens is 2. The van der Waals surface area contributed by atoms with Crippen LogP contribution in [-0.4, -0.2) is 81.2 Å². The SMILES string of the molecule is COc1ccc(C2=NN(C3CCN(CCOCCN)CC3)C(=O)[C@@H]3CC=CC[C@H]23)cc1OC.Cl.Cl. The first-order valence-corrected chi connectivity index (χ1v) is 12.0. The van der Waals surface area contributed by atoms with Gasteiger partial charge in [-0.25, -0.2) is 5.01 Å². The molecule has 2 N–H and O–H groups in total. The Morgan fingerprint density at radius 1 is 1.00 bits per heavy atom. The van der Waals surface area contributed by atoms with Gasteiger partial charge in [0.25, 0.3) is 0 Å². The van der Waals surface area contributed by atoms with E-state index in [0.717, 1.165) is 56.6 Å². The number of nitrogens with two attached hydrogens (primary N) is 1. The molecular formula is C25H38Cl2N4O4. The number of benzene rings is 1. The molecule has 10 heteroatoms. The molecule has 1 fully saturated rings. The van der Waals surface area contributed by atoms with Crippen molar-refractivity contribution in [3.8, 4) is 11.5 Å². The molecule has 0 unspecified atom stereocenters. The minimum Gasteiger partial charge on any atom is -0.493 e. The van der Waals surface area contributed by atoms with Crippen LogP contribution in [0.5, 0.6) is 11.5 Å². The van der Waals surface area contributed by atoms with Gasteiger partial charge in [0, 0.05) is 37.7 Å². The van der Waals surface area contributed by atoms with Crippen LogP contribution in [0.25, 0.3) is 0 Å². The molecule has 1 amide bonds. The Morgan fingerprint density at radius 2 is 1.69 bits per heavy atom. The van der Waals surface area contributed by atoms with E-state index in [-0.39, 0.29) is 48.6 Å². The van der Waals surface area contributed by atoms with Crippen molar-refractivity contribution in [2.75, 3.05) is 53.6 Å². The summed E-state index contributed by atoms with van der Waals surface area (Å²) in [7, 11) is 3.27. The fourth-order valence-corrected chi connectivity index (χ4v) is 5.09. The third-order valence-corrected chi connectivity index (χ3v) is 6.94. The highest BCUT2D eigenvalue weighted by Crippen LogP contribution is 2.38. The molecule has 196 valence electrons. The van der Waals surface area contributed by atoms with Crippen molar-refractivity contribution >= 4 is 36.4 Å². The number of amides is 1. The lowest BCUT2D eigenvalue weighted by molar-refractivity contribution is -0.141. The Balaban J connectivity index is 0.00000216. The van der Waals surface area contributed by atoms with Gasteiger partial charge in [-0.05, 0) is 43.9 Å². The van der Waals surface area contributed by atoms with Gasteiger partial charge in [0.2, 0.25) is 5.91 Å². The number of hydrogen-bond acceptors (Lipinski definition) is 7. The number of fused-ring (bicyclic) bond motifs is 1. The van der Waals surface area contributed by atoms with E-state index in [2.05, 4.69) is 17.1 Å². The standard InChI is InChI=1S/C25H36N4O4.2ClH/c1-31-22-8-7-18(17-23(22)32-2)24-20-5-3-4-6-21(20)25(30)29(27-24)19-9-12-28(13-10-19)14-16-33-15-11-26;;/h3-4,7-8,17,19-21H,5-6,9-16,26H2,1-2H3;2*1H/t20-,21+;;/m0../s1. The van der Waals surface area contributed by atoms with Gasteiger partial charge in [-0.2, -0.15) is 5.10 Å². The molecule has 2 atom stereocenters. The Kier molecular flexibility index (Phi) is 11.8. The molecule has 2 heterocycles. The van der Waals surface area contributed by atoms with E-state index < -0.39 is 0 Å². The van der Waals surface area contributed by atoms with Crippen LogP contribution in [-0.2, 0) is 9.53 Å². The molecule has 8 nitrogen and oxygen atoms in total. The summed E-state index contributed by atoms with van der Waals surface area (Å²) >= 11 is 0. The summed E-state index contributed by atoms with van der Waals surface area (Å²) < 4.78 is 16.5. The Labute approximate surface area is 220 Å². The van der Waals surface area contributed by atoms with Crippen molar-refractivity contribution in [1.82, 2.24) is 9.91 Å². The fraction of sp³-hybridized carbons (Fsp3) is 0.600. The highest BCUT2D eigenvalue weighted by molar-refractivity contribution is 6.07. The number of hydrogen-bond donors (Lipinski definition) is 1. The summed E-state index contributed by atoms with van der Waals surface area (Å²) in [6.07, 6.45) is 7.74. The maximum atomic E-state index is 13.5. The fourth-order valence-electron chi connectivity index (χ4n) is 5.09. The third kappa shape index (κ3) is 6.68. The van der Waals surface area contributed by atoms with Crippen molar-refractivity contribution < 1.29 is 19.0 Å². The van der Waals surface area contributed by atoms with Crippen molar-refractivity contribution in [2.45, 2.75) is 31.7 Å². The van der Waals surface area contributed by atoms with Gasteiger partial charge in [-0.3, -0.25) is 4.79 Å². The first kappa shape index (κ1) is 29.4. The summed E-state index contributed by atoms with van der Waals surface area (Å²) in [5, 5.41) is 6.80. The van der Waals surface area contributed by atoms with E-state index in [1.54, 1.807) is 19.2 Å². The number of hydrazone groups is 1. The molecular weight excluding hydrogens is 491 g/mol. The zero-order valence-electron chi connectivity index (χ0n) is 20.6. The topological polar surface area (TPSA) is 89.6 Å². The summed E-state index contributed by atoms with van der Waals surface area (Å²) in [5.74, 6) is 1.57. The van der Waals surface area contributed by atoms with Gasteiger partial charge < -0.3 is 24.8 Å². The molecule has 0 aromatic heterocycles. The molecule has 3 aliphatic rings. The van der Waals surface area contributed by atoms with Crippen LogP contribution >= 0.6 is 24.8 Å². The number of allylic oxidation sites excluding steroid dienone is 2. The predicted octanol–water partition coefficient (Wildman–Crippen LogP) is 3.12. The van der Waals surface area contributed by atoms with Crippen LogP contribution in [0.15, 0.2) is 35.5 Å². The van der Waals surface area contributed by atoms with Crippen LogP contribution in [0.2, 0.25) is 0 Å². The number of ether oxygens (including phenoxy) is 3. The first-order valence-electron chi connectivity index (χ1n) is 12.0. The number of rotatable bonds is 9. The quantitative estimate of drug-likeness (QED) is 0.391. The second kappa shape index (κ2) is 14.0. The molecule has 0 saturated carbocycles. The van der Waals surface area contributed by atoms with Gasteiger partial charge in [-0.15, -0.1) is 24.8 Å². The van der Waals surface area contributed by atoms with Crippen molar-refractivity contribution in [3.05, 3.63) is 35.9 Å². The van der Waals surface area contributed by atoms with Crippen LogP contribution in [0.1, 0.15) is 31.2 Å². The van der Waals surface area contributed by atoms with Gasteiger partial charge in [0.05, 0.1) is 45.1 Å². The summed E-state index contributed by atoms with van der Waals surface area (Å²) in [4.78, 5) is 15.9. The van der Waals surface area contributed by atoms with Gasteiger partial charge in [0.15, 0.2) is 11.5 Å². The van der Waals surface area contributed by atoms with Crippen molar-refractivity contribution in [2.24, 2.45) is 22.7 Å². The van der Waals surface area contributed by atoms with E-state index in [9.17, 15) is 4.79 Å². The number of nitrogens with zero attached hydrogens (tertiary/aromatic N) is 3. The second-order valence-corrected chi connectivity index (χ2v) is 8.87. The number of carbonyl (C=O) groups excluding carboxylic acids is 1. The number of piperidine rings is 1. The molecule has 1 aromatic carbocycles. The Morgan fingerprint density at radius 3 is 2.34 bits per heavy atom. The molecule has 1 saturated heterocycles. The smallest absolute Gasteiger partial charge is 0.247 e. The van der Waals surface area contributed by atoms with E-state index in [1.807, 2.05) is 18.2 Å². The molecule has 4 rings (SSSR count). The Bertz CT molecular complexity index is 890. The van der Waals surface area contributed by atoms with Crippen LogP contribution in [0.3, 0.4) is 0 Å². The van der Waals surface area contributed by atoms with Crippen LogP contribution in [0, 0.1) is 11.8 Å². The zero-order valence-corrected chi connectivity index (χ0v) is 22.2. The number of carbonyl (C=O) groups is 1. The van der Waals surface area contributed by atoms with Gasteiger partial charge in [-0.1, -0.05) is 12.2 Å². The maximum absolute atomic E-state index is 13.5. The van der Waals surface area contributed by atoms with Gasteiger partial charge >= 0.3 is 0 Å². The van der Waals surface area contributed by atoms with Gasteiger partial charge in [0.1, 0.15) is 0 Å². The molecule has 0 spiro atoms. The zero-order chi connectivity index (χ0) is 23.2. The summed E-state index contributed by atoms with van der Waals surface area (Å²) in [5.41, 5.74) is 7.45. The average molecular weight is 530 g/mol. The lowest BCUT2D eigenvalue weighted by Gasteiger charge is -2.42. The molecule has 0 bridgehead atoms. The molecule has 2 aliphatic heterocycles. The van der Waals surface area contributed by atoms with E-state index in [0.29, 0.717) is 31.3 Å². The Hall–Kier alpha value is -1.84. The minimum absolute atomic E-state index is 0. The van der Waals surface area contributed by atoms with Crippen molar-refractivity contribution in [3.63, 3.8) is 0 Å². The highest BCUT2D eigenvalue weighted by atomic mass is 35.5. The largest absolute Gasteiger partial charge is 0.493 e. The minimum atomic E-state index is -0.0571. The monoisotopic (exact) mass is 528 g/mol. The van der Waals surface area contributed by atoms with Crippen LogP contribution < -0.4 is 15.2 Å². The number of likely N-dealkylation sites (tertiary alicyclic amines) is 1. The molecule has 1 aliphatic carbocycles. The molecule has 0 radical (unpaired) electrons. The van der Waals surface area contributed by atoms with E-state index >= 15 is 0 Å². The van der Waals surface area contributed by atoms with E-state index in [4.69, 9.17) is 25.0 Å². The van der Waals surface area contributed by atoms with E-state index in [1.165, 1.54) is 0 Å². The second-order valence-electron chi connectivity index (χ2n) is 8.87. The first-order chi connectivity index (χ1) is 16.2. The lowest BCUT2D eigenvalue weighted by atomic mass is 9.76. The predicted molar refractivity (Wildman–Crippen MR) is 142 cm³/mol. The summed E-state index contributed by atoms with van der Waals surface area (Å²) in [6.45, 7) is 4.63. The molecule has 1 aromatic rings. The third-order valence-electron chi connectivity index (χ3n) is 6.94. The van der Waals surface area contributed by atoms with Crippen molar-refractivity contribution in [1.29, 1.82) is 0 Å². The summed E-state index contributed by atoms with van der Waals surface area (Å²) in [6, 6.07) is 6.04.